The minimum Gasteiger partial charge on any atom is -0.494 e. The fraction of sp³-hybridized carbons (Fsp3) is 0.179. The van der Waals surface area contributed by atoms with Gasteiger partial charge in [0.05, 0.1) is 22.5 Å². The normalized spacial score (nSPS) is 14.5. The largest absolute Gasteiger partial charge is 0.494 e. The zero-order valence-corrected chi connectivity index (χ0v) is 24.4. The average Bonchev–Trinajstić information content (AvgIpc) is 2.88. The molecule has 38 heavy (non-hydrogen) atoms. The summed E-state index contributed by atoms with van der Waals surface area (Å²) in [5.41, 5.74) is 1.67. The molecule has 4 rings (SSSR count). The topological polar surface area (TPSA) is 94.2 Å². The summed E-state index contributed by atoms with van der Waals surface area (Å²) in [5.74, 6) is 0.139. The molecule has 8 nitrogen and oxygen atoms in total. The highest BCUT2D eigenvalue weighted by Gasteiger charge is 2.37. The lowest BCUT2D eigenvalue weighted by atomic mass is 10.1. The number of anilines is 1. The van der Waals surface area contributed by atoms with Crippen LogP contribution >= 0.6 is 38.5 Å². The van der Waals surface area contributed by atoms with Crippen molar-refractivity contribution in [3.63, 3.8) is 0 Å². The van der Waals surface area contributed by atoms with Crippen LogP contribution in [0.2, 0.25) is 0 Å². The molecule has 0 saturated carbocycles. The van der Waals surface area contributed by atoms with Gasteiger partial charge in [-0.15, -0.1) is 0 Å². The number of halogens is 2. The quantitative estimate of drug-likeness (QED) is 0.166. The summed E-state index contributed by atoms with van der Waals surface area (Å²) in [7, 11) is 0. The number of nitrogens with one attached hydrogen (secondary N) is 1. The first-order valence-electron chi connectivity index (χ1n) is 11.8. The van der Waals surface area contributed by atoms with E-state index in [0.717, 1.165) is 18.5 Å². The average molecular weight is 691 g/mol. The van der Waals surface area contributed by atoms with Crippen molar-refractivity contribution in [3.05, 3.63) is 85.4 Å². The van der Waals surface area contributed by atoms with E-state index in [-0.39, 0.29) is 5.57 Å². The van der Waals surface area contributed by atoms with Crippen molar-refractivity contribution in [3.8, 4) is 17.2 Å². The predicted octanol–water partition coefficient (Wildman–Crippen LogP) is 6.10. The van der Waals surface area contributed by atoms with Crippen LogP contribution in [0.4, 0.5) is 10.5 Å². The molecule has 0 unspecified atom stereocenters. The third-order valence-electron chi connectivity index (χ3n) is 5.45. The van der Waals surface area contributed by atoms with Gasteiger partial charge >= 0.3 is 6.03 Å². The summed E-state index contributed by atoms with van der Waals surface area (Å²) in [6, 6.07) is 17.0. The van der Waals surface area contributed by atoms with E-state index in [1.165, 1.54) is 6.08 Å². The Labute approximate surface area is 242 Å². The number of barbiturate groups is 1. The van der Waals surface area contributed by atoms with Crippen molar-refractivity contribution < 1.29 is 28.6 Å². The number of imide groups is 2. The molecular weight excluding hydrogens is 667 g/mol. The number of urea groups is 1. The van der Waals surface area contributed by atoms with E-state index in [0.29, 0.717) is 48.3 Å². The fourth-order valence-electron chi connectivity index (χ4n) is 3.73. The van der Waals surface area contributed by atoms with Gasteiger partial charge in [0, 0.05) is 4.47 Å². The molecule has 0 bridgehead atoms. The van der Waals surface area contributed by atoms with Gasteiger partial charge in [-0.3, -0.25) is 14.9 Å². The molecule has 1 N–H and O–H groups in total. The standard InChI is InChI=1S/C28H24BrIN2O6/c1-3-36-21-11-9-20(10-12-21)32-27(34)22(26(33)31-28(32)35)13-18-14-23(30)25(24(15-18)37-4-2)38-16-17-5-7-19(29)8-6-17/h5-15H,3-4,16H2,1-2H3,(H,31,33,35)/b22-13-. The van der Waals surface area contributed by atoms with Crippen LogP contribution in [0.1, 0.15) is 25.0 Å². The summed E-state index contributed by atoms with van der Waals surface area (Å²) in [4.78, 5) is 39.4. The van der Waals surface area contributed by atoms with Gasteiger partial charge in [-0.2, -0.15) is 0 Å². The molecule has 1 saturated heterocycles. The molecule has 1 fully saturated rings. The maximum absolute atomic E-state index is 13.3. The minimum atomic E-state index is -0.817. The number of rotatable bonds is 9. The van der Waals surface area contributed by atoms with Crippen LogP contribution in [-0.4, -0.2) is 31.1 Å². The molecule has 0 aromatic heterocycles. The van der Waals surface area contributed by atoms with Crippen molar-refractivity contribution >= 4 is 68.1 Å². The number of hydrogen-bond donors (Lipinski definition) is 1. The lowest BCUT2D eigenvalue weighted by Crippen LogP contribution is -2.54. The first-order valence-corrected chi connectivity index (χ1v) is 13.7. The van der Waals surface area contributed by atoms with Crippen LogP contribution in [0.25, 0.3) is 6.08 Å². The lowest BCUT2D eigenvalue weighted by Gasteiger charge is -2.26. The van der Waals surface area contributed by atoms with Crippen molar-refractivity contribution in [2.45, 2.75) is 20.5 Å². The number of hydrogen-bond acceptors (Lipinski definition) is 6. The Morgan fingerprint density at radius 2 is 1.61 bits per heavy atom. The number of benzene rings is 3. The third kappa shape index (κ3) is 6.36. The van der Waals surface area contributed by atoms with Gasteiger partial charge in [0.25, 0.3) is 11.8 Å². The van der Waals surface area contributed by atoms with Crippen LogP contribution < -0.4 is 24.4 Å². The van der Waals surface area contributed by atoms with Gasteiger partial charge < -0.3 is 14.2 Å². The highest BCUT2D eigenvalue weighted by Crippen LogP contribution is 2.36. The van der Waals surface area contributed by atoms with Crippen LogP contribution in [-0.2, 0) is 16.2 Å². The van der Waals surface area contributed by atoms with Gasteiger partial charge in [0.1, 0.15) is 17.9 Å². The van der Waals surface area contributed by atoms with Crippen LogP contribution in [0.3, 0.4) is 0 Å². The van der Waals surface area contributed by atoms with Gasteiger partial charge in [0.2, 0.25) is 0 Å². The molecule has 4 amide bonds. The van der Waals surface area contributed by atoms with Crippen molar-refractivity contribution in [1.82, 2.24) is 5.32 Å². The number of nitrogens with zero attached hydrogens (tertiary/aromatic N) is 1. The van der Waals surface area contributed by atoms with E-state index < -0.39 is 17.8 Å². The smallest absolute Gasteiger partial charge is 0.335 e. The number of amides is 4. The van der Waals surface area contributed by atoms with Gasteiger partial charge in [-0.05, 0) is 102 Å². The molecule has 0 atom stereocenters. The van der Waals surface area contributed by atoms with Crippen LogP contribution in [0.5, 0.6) is 17.2 Å². The number of carbonyl (C=O) groups excluding carboxylic acids is 3. The van der Waals surface area contributed by atoms with Crippen molar-refractivity contribution in [1.29, 1.82) is 0 Å². The molecule has 0 aliphatic carbocycles. The first kappa shape index (κ1) is 27.6. The van der Waals surface area contributed by atoms with Crippen molar-refractivity contribution in [2.75, 3.05) is 18.1 Å². The van der Waals surface area contributed by atoms with E-state index in [4.69, 9.17) is 14.2 Å². The zero-order valence-electron chi connectivity index (χ0n) is 20.6. The van der Waals surface area contributed by atoms with Gasteiger partial charge in [-0.1, -0.05) is 28.1 Å². The molecule has 196 valence electrons. The fourth-order valence-corrected chi connectivity index (χ4v) is 4.77. The van der Waals surface area contributed by atoms with E-state index in [2.05, 4.69) is 43.8 Å². The zero-order chi connectivity index (χ0) is 27.2. The third-order valence-corrected chi connectivity index (χ3v) is 6.78. The number of ether oxygens (including phenoxy) is 3. The van der Waals surface area contributed by atoms with Gasteiger partial charge in [-0.25, -0.2) is 9.69 Å². The molecule has 1 heterocycles. The molecule has 3 aromatic carbocycles. The molecule has 1 aliphatic heterocycles. The molecular formula is C28H24BrIN2O6. The van der Waals surface area contributed by atoms with Crippen LogP contribution in [0.15, 0.2) is 70.7 Å². The highest BCUT2D eigenvalue weighted by molar-refractivity contribution is 14.1. The second kappa shape index (κ2) is 12.4. The SMILES string of the molecule is CCOc1ccc(N2C(=O)NC(=O)/C(=C/c3cc(I)c(OCc4ccc(Br)cc4)c(OCC)c3)C2=O)cc1. The Kier molecular flexibility index (Phi) is 9.05. The molecule has 0 radical (unpaired) electrons. The first-order chi connectivity index (χ1) is 18.3. The van der Waals surface area contributed by atoms with E-state index >= 15 is 0 Å². The second-order valence-electron chi connectivity index (χ2n) is 8.06. The Morgan fingerprint density at radius 1 is 0.921 bits per heavy atom. The Morgan fingerprint density at radius 3 is 2.26 bits per heavy atom. The molecule has 1 aliphatic rings. The Hall–Kier alpha value is -3.38. The van der Waals surface area contributed by atoms with Crippen LogP contribution in [0, 0.1) is 3.57 Å². The maximum Gasteiger partial charge on any atom is 0.335 e. The summed E-state index contributed by atoms with van der Waals surface area (Å²) in [6.45, 7) is 4.93. The summed E-state index contributed by atoms with van der Waals surface area (Å²) in [6.07, 6.45) is 1.44. The van der Waals surface area contributed by atoms with E-state index in [1.807, 2.05) is 38.1 Å². The Balaban J connectivity index is 1.63. The monoisotopic (exact) mass is 690 g/mol. The number of carbonyl (C=O) groups is 3. The maximum atomic E-state index is 13.3. The summed E-state index contributed by atoms with van der Waals surface area (Å²) < 4.78 is 19.0. The molecule has 3 aromatic rings. The van der Waals surface area contributed by atoms with E-state index in [9.17, 15) is 14.4 Å². The molecule has 0 spiro atoms. The summed E-state index contributed by atoms with van der Waals surface area (Å²) in [5, 5.41) is 2.24. The minimum absolute atomic E-state index is 0.180. The van der Waals surface area contributed by atoms with Gasteiger partial charge in [0.15, 0.2) is 11.5 Å². The Bertz CT molecular complexity index is 1390. The molecule has 10 heteroatoms. The van der Waals surface area contributed by atoms with E-state index in [1.54, 1.807) is 36.4 Å². The lowest BCUT2D eigenvalue weighted by molar-refractivity contribution is -0.122. The summed E-state index contributed by atoms with van der Waals surface area (Å²) >= 11 is 5.55. The second-order valence-corrected chi connectivity index (χ2v) is 10.1. The predicted molar refractivity (Wildman–Crippen MR) is 155 cm³/mol. The van der Waals surface area contributed by atoms with Crippen molar-refractivity contribution in [2.24, 2.45) is 0 Å². The highest BCUT2D eigenvalue weighted by atomic mass is 127.